The molecule has 0 radical (unpaired) electrons. The van der Waals surface area contributed by atoms with E-state index < -0.39 is 20.9 Å². The van der Waals surface area contributed by atoms with Crippen LogP contribution in [0.3, 0.4) is 0 Å². The topological polar surface area (TPSA) is 188 Å². The van der Waals surface area contributed by atoms with Gasteiger partial charge in [0.1, 0.15) is 5.70 Å². The van der Waals surface area contributed by atoms with Crippen molar-refractivity contribution < 1.29 is 17.9 Å². The summed E-state index contributed by atoms with van der Waals surface area (Å²) in [5, 5.41) is 2.33. The maximum Gasteiger partial charge on any atom is 0.354 e. The summed E-state index contributed by atoms with van der Waals surface area (Å²) < 4.78 is 30.8. The van der Waals surface area contributed by atoms with Crippen molar-refractivity contribution in [3.05, 3.63) is 21.7 Å². The van der Waals surface area contributed by atoms with E-state index in [9.17, 15) is 13.2 Å². The number of sulfonamides is 1. The molecule has 0 unspecified atom stereocenters. The molecule has 1 aliphatic heterocycles. The highest BCUT2D eigenvalue weighted by atomic mass is 32.2. The monoisotopic (exact) mass is 433 g/mol. The first-order valence-electron chi connectivity index (χ1n) is 7.61. The number of esters is 1. The van der Waals surface area contributed by atoms with E-state index in [4.69, 9.17) is 21.9 Å². The summed E-state index contributed by atoms with van der Waals surface area (Å²) in [6, 6.07) is 0. The number of thioether (sulfide) groups is 1. The number of amidine groups is 1. The van der Waals surface area contributed by atoms with Gasteiger partial charge in [0.15, 0.2) is 16.7 Å². The van der Waals surface area contributed by atoms with Crippen molar-refractivity contribution in [2.45, 2.75) is 12.7 Å². The molecule has 14 heteroatoms. The van der Waals surface area contributed by atoms with E-state index in [0.717, 1.165) is 5.69 Å². The number of aromatic nitrogens is 1. The van der Waals surface area contributed by atoms with Crippen molar-refractivity contribution in [3.63, 3.8) is 0 Å². The van der Waals surface area contributed by atoms with Gasteiger partial charge in [-0.15, -0.1) is 11.3 Å². The molecule has 0 atom stereocenters. The van der Waals surface area contributed by atoms with Crippen molar-refractivity contribution in [2.24, 2.45) is 27.2 Å². The van der Waals surface area contributed by atoms with Crippen molar-refractivity contribution in [2.75, 3.05) is 18.9 Å². The molecule has 7 N–H and O–H groups in total. The molecule has 0 saturated heterocycles. The van der Waals surface area contributed by atoms with Crippen LogP contribution < -0.4 is 21.9 Å². The molecule has 148 valence electrons. The van der Waals surface area contributed by atoms with Gasteiger partial charge in [-0.05, 0) is 6.92 Å². The number of nitrogens with two attached hydrogens (primary N) is 3. The molecule has 2 rings (SSSR count). The summed E-state index contributed by atoms with van der Waals surface area (Å²) >= 11 is 2.87. The second kappa shape index (κ2) is 9.05. The molecule has 0 fully saturated rings. The molecule has 1 aromatic rings. The van der Waals surface area contributed by atoms with E-state index in [1.807, 2.05) is 5.38 Å². The molecule has 27 heavy (non-hydrogen) atoms. The second-order valence-electron chi connectivity index (χ2n) is 5.01. The molecule has 0 saturated carbocycles. The molecular weight excluding hydrogens is 414 g/mol. The third-order valence-electron chi connectivity index (χ3n) is 2.98. The number of hydrogen-bond donors (Lipinski definition) is 4. The van der Waals surface area contributed by atoms with Gasteiger partial charge in [0.25, 0.3) is 10.0 Å². The van der Waals surface area contributed by atoms with Crippen LogP contribution in [0.2, 0.25) is 0 Å². The molecule has 0 aliphatic carbocycles. The predicted octanol–water partition coefficient (Wildman–Crippen LogP) is -0.654. The SMILES string of the molecule is CCOC(=O)C1=C(N)C(=NCCSCc2csc(N=C(N)N)n2)NS1(=O)=O. The third-order valence-corrected chi connectivity index (χ3v) is 6.12. The minimum atomic E-state index is -4.05. The Hall–Kier alpha value is -2.32. The highest BCUT2D eigenvalue weighted by Crippen LogP contribution is 2.22. The fourth-order valence-electron chi connectivity index (χ4n) is 1.94. The summed E-state index contributed by atoms with van der Waals surface area (Å²) in [5.74, 6) is 0.102. The molecule has 0 aromatic carbocycles. The fraction of sp³-hybridized carbons (Fsp3) is 0.385. The number of guanidine groups is 1. The zero-order chi connectivity index (χ0) is 20.0. The summed E-state index contributed by atoms with van der Waals surface area (Å²) in [5.41, 5.74) is 16.9. The normalized spacial score (nSPS) is 17.0. The van der Waals surface area contributed by atoms with Gasteiger partial charge in [-0.3, -0.25) is 9.71 Å². The highest BCUT2D eigenvalue weighted by Gasteiger charge is 2.38. The standard InChI is InChI=1S/C13H19N7O4S3/c1-2-24-11(21)9-8(14)10(20-27(9,22)23)17-3-4-25-5-7-6-26-13(18-7)19-12(15)16/h6H,2-5,14H2,1H3,(H,17,20)(H4,15,16,18,19). The van der Waals surface area contributed by atoms with E-state index in [1.54, 1.807) is 6.92 Å². The van der Waals surface area contributed by atoms with E-state index >= 15 is 0 Å². The average Bonchev–Trinajstić information content (AvgIpc) is 3.08. The maximum atomic E-state index is 12.0. The van der Waals surface area contributed by atoms with Crippen LogP contribution in [-0.4, -0.2) is 50.1 Å². The van der Waals surface area contributed by atoms with Crippen LogP contribution in [0.25, 0.3) is 0 Å². The molecule has 11 nitrogen and oxygen atoms in total. The Morgan fingerprint density at radius 2 is 2.19 bits per heavy atom. The number of aliphatic imine (C=N–C) groups is 2. The fourth-order valence-corrected chi connectivity index (χ4v) is 4.67. The first kappa shape index (κ1) is 21.0. The Labute approximate surface area is 164 Å². The van der Waals surface area contributed by atoms with Crippen LogP contribution >= 0.6 is 23.1 Å². The van der Waals surface area contributed by atoms with Gasteiger partial charge in [0.2, 0.25) is 5.13 Å². The Bertz CT molecular complexity index is 901. The Kier molecular flexibility index (Phi) is 7.04. The van der Waals surface area contributed by atoms with Crippen molar-refractivity contribution in [3.8, 4) is 0 Å². The van der Waals surface area contributed by atoms with Gasteiger partial charge < -0.3 is 21.9 Å². The van der Waals surface area contributed by atoms with E-state index in [0.29, 0.717) is 23.2 Å². The van der Waals surface area contributed by atoms with Crippen molar-refractivity contribution in [1.29, 1.82) is 0 Å². The van der Waals surface area contributed by atoms with Crippen LogP contribution in [0.5, 0.6) is 0 Å². The first-order chi connectivity index (χ1) is 12.7. The first-order valence-corrected chi connectivity index (χ1v) is 11.1. The molecule has 0 spiro atoms. The number of nitrogens with zero attached hydrogens (tertiary/aromatic N) is 3. The van der Waals surface area contributed by atoms with Crippen LogP contribution in [0.1, 0.15) is 12.6 Å². The van der Waals surface area contributed by atoms with Crippen LogP contribution in [-0.2, 0) is 25.3 Å². The number of nitrogens with one attached hydrogen (secondary N) is 1. The highest BCUT2D eigenvalue weighted by molar-refractivity contribution is 7.98. The van der Waals surface area contributed by atoms with Crippen LogP contribution in [0.4, 0.5) is 5.13 Å². The molecule has 0 amide bonds. The zero-order valence-electron chi connectivity index (χ0n) is 14.3. The average molecular weight is 434 g/mol. The van der Waals surface area contributed by atoms with Crippen LogP contribution in [0, 0.1) is 0 Å². The van der Waals surface area contributed by atoms with Gasteiger partial charge in [-0.2, -0.15) is 16.8 Å². The Morgan fingerprint density at radius 1 is 1.44 bits per heavy atom. The van der Waals surface area contributed by atoms with Crippen molar-refractivity contribution in [1.82, 2.24) is 9.71 Å². The summed E-state index contributed by atoms with van der Waals surface area (Å²) in [6.07, 6.45) is 0. The number of hydrogen-bond acceptors (Lipinski definition) is 10. The number of rotatable bonds is 8. The van der Waals surface area contributed by atoms with E-state index in [1.165, 1.54) is 23.1 Å². The minimum Gasteiger partial charge on any atom is -0.462 e. The molecule has 1 aliphatic rings. The second-order valence-corrected chi connectivity index (χ2v) is 8.57. The summed E-state index contributed by atoms with van der Waals surface area (Å²) in [6.45, 7) is 1.90. The van der Waals surface area contributed by atoms with Gasteiger partial charge in [-0.1, -0.05) is 0 Å². The van der Waals surface area contributed by atoms with Gasteiger partial charge >= 0.3 is 5.97 Å². The third kappa shape index (κ3) is 5.58. The Balaban J connectivity index is 1.90. The lowest BCUT2D eigenvalue weighted by Gasteiger charge is -2.01. The largest absolute Gasteiger partial charge is 0.462 e. The van der Waals surface area contributed by atoms with Gasteiger partial charge in [-0.25, -0.2) is 18.2 Å². The number of thiazole rings is 1. The molecular formula is C13H19N7O4S3. The van der Waals surface area contributed by atoms with Crippen LogP contribution in [0.15, 0.2) is 26.0 Å². The lowest BCUT2D eigenvalue weighted by molar-refractivity contribution is -0.137. The lowest BCUT2D eigenvalue weighted by Crippen LogP contribution is -2.26. The lowest BCUT2D eigenvalue weighted by atomic mass is 10.4. The minimum absolute atomic E-state index is 0.0375. The Morgan fingerprint density at radius 3 is 2.85 bits per heavy atom. The number of carbonyl (C=O) groups is 1. The maximum absolute atomic E-state index is 12.0. The zero-order valence-corrected chi connectivity index (χ0v) is 16.8. The van der Waals surface area contributed by atoms with Crippen molar-refractivity contribution >= 4 is 56.0 Å². The predicted molar refractivity (Wildman–Crippen MR) is 106 cm³/mol. The number of ether oxygens (including phenoxy) is 1. The number of carbonyl (C=O) groups excluding carboxylic acids is 1. The van der Waals surface area contributed by atoms with E-state index in [-0.39, 0.29) is 24.1 Å². The summed E-state index contributed by atoms with van der Waals surface area (Å²) in [7, 11) is -4.05. The van der Waals surface area contributed by atoms with E-state index in [2.05, 4.69) is 19.7 Å². The van der Waals surface area contributed by atoms with Gasteiger partial charge in [0, 0.05) is 16.9 Å². The molecule has 1 aromatic heterocycles. The summed E-state index contributed by atoms with van der Waals surface area (Å²) in [4.78, 5) is 23.4. The molecule has 2 heterocycles. The smallest absolute Gasteiger partial charge is 0.354 e. The quantitative estimate of drug-likeness (QED) is 0.179. The van der Waals surface area contributed by atoms with Gasteiger partial charge in [0.05, 0.1) is 18.8 Å². The molecule has 0 bridgehead atoms.